The molecule has 0 aromatic heterocycles. The first kappa shape index (κ1) is 19.8. The summed E-state index contributed by atoms with van der Waals surface area (Å²) >= 11 is 4.44. The van der Waals surface area contributed by atoms with E-state index in [0.29, 0.717) is 11.1 Å². The maximum Gasteiger partial charge on any atom is 0.253 e. The van der Waals surface area contributed by atoms with Crippen molar-refractivity contribution in [3.63, 3.8) is 0 Å². The van der Waals surface area contributed by atoms with E-state index in [1.165, 1.54) is 6.07 Å². The largest absolute Gasteiger partial charge is 0.396 e. The Bertz CT molecular complexity index is 792. The molecule has 1 aliphatic rings. The van der Waals surface area contributed by atoms with Gasteiger partial charge in [0.25, 0.3) is 5.91 Å². The molecule has 3 rings (SSSR count). The van der Waals surface area contributed by atoms with E-state index in [4.69, 9.17) is 4.74 Å². The summed E-state index contributed by atoms with van der Waals surface area (Å²) in [6.07, 6.45) is -0.285. The summed E-state index contributed by atoms with van der Waals surface area (Å²) < 4.78 is 20.3. The third-order valence-corrected chi connectivity index (χ3v) is 5.28. The van der Waals surface area contributed by atoms with Crippen molar-refractivity contribution >= 4 is 18.5 Å². The van der Waals surface area contributed by atoms with Crippen molar-refractivity contribution in [1.29, 1.82) is 0 Å². The lowest BCUT2D eigenvalue weighted by Gasteiger charge is -2.38. The zero-order chi connectivity index (χ0) is 19.4. The molecule has 0 radical (unpaired) electrons. The van der Waals surface area contributed by atoms with E-state index in [0.717, 1.165) is 0 Å². The maximum atomic E-state index is 14.6. The lowest BCUT2D eigenvalue weighted by Crippen LogP contribution is -2.57. The Labute approximate surface area is 163 Å². The number of carbonyl (C=O) groups is 1. The van der Waals surface area contributed by atoms with Crippen LogP contribution in [-0.4, -0.2) is 35.8 Å². The molecular formula is C20H23FN2O3S. The molecule has 0 spiro atoms. The second kappa shape index (κ2) is 8.39. The molecule has 1 aliphatic heterocycles. The van der Waals surface area contributed by atoms with Crippen molar-refractivity contribution in [3.05, 3.63) is 71.5 Å². The van der Waals surface area contributed by atoms with Crippen molar-refractivity contribution < 1.29 is 19.0 Å². The van der Waals surface area contributed by atoms with Gasteiger partial charge < -0.3 is 15.2 Å². The smallest absolute Gasteiger partial charge is 0.253 e. The fraction of sp³-hybridized carbons (Fsp3) is 0.350. The molecule has 0 saturated carbocycles. The Kier molecular flexibility index (Phi) is 6.16. The van der Waals surface area contributed by atoms with Crippen LogP contribution in [0.2, 0.25) is 0 Å². The predicted octanol–water partition coefficient (Wildman–Crippen LogP) is 2.28. The molecule has 27 heavy (non-hydrogen) atoms. The first-order chi connectivity index (χ1) is 13.0. The Morgan fingerprint density at radius 3 is 2.63 bits per heavy atom. The summed E-state index contributed by atoms with van der Waals surface area (Å²) in [5.74, 6) is -1.12. The number of hydrogen-bond donors (Lipinski definition) is 4. The lowest BCUT2D eigenvalue weighted by atomic mass is 9.78. The molecule has 0 aliphatic carbocycles. The van der Waals surface area contributed by atoms with E-state index < -0.39 is 22.8 Å². The number of carbonyl (C=O) groups excluding carboxylic acids is 1. The highest BCUT2D eigenvalue weighted by atomic mass is 32.1. The highest BCUT2D eigenvalue weighted by Gasteiger charge is 2.51. The number of hydrogen-bond acceptors (Lipinski definition) is 5. The standard InChI is InChI=1S/C20H23FN2O3S/c1-13-16(11-24)20(12-26-13,15-9-5-6-10-17(15)21)23-19(27)22-18(25)14-7-3-2-4-8-14/h2-10,13,16,19,23-24,27H,11-12H2,1H3,(H,22,25)/t13-,16-,19?,20-/m1/s1. The fourth-order valence-corrected chi connectivity index (χ4v) is 3.94. The number of ether oxygens (including phenoxy) is 1. The van der Waals surface area contributed by atoms with Crippen LogP contribution in [0.4, 0.5) is 4.39 Å². The predicted molar refractivity (Wildman–Crippen MR) is 104 cm³/mol. The summed E-state index contributed by atoms with van der Waals surface area (Å²) in [6, 6.07) is 15.1. The summed E-state index contributed by atoms with van der Waals surface area (Å²) in [5.41, 5.74) is -0.926. The molecule has 4 atom stereocenters. The van der Waals surface area contributed by atoms with Crippen LogP contribution in [0.3, 0.4) is 0 Å². The van der Waals surface area contributed by atoms with Gasteiger partial charge in [0, 0.05) is 17.0 Å². The number of nitrogens with one attached hydrogen (secondary N) is 2. The molecule has 144 valence electrons. The Morgan fingerprint density at radius 1 is 1.30 bits per heavy atom. The lowest BCUT2D eigenvalue weighted by molar-refractivity contribution is 0.0858. The van der Waals surface area contributed by atoms with Crippen molar-refractivity contribution in [1.82, 2.24) is 10.6 Å². The molecule has 2 aromatic carbocycles. The van der Waals surface area contributed by atoms with Crippen molar-refractivity contribution in [2.45, 2.75) is 24.1 Å². The van der Waals surface area contributed by atoms with Gasteiger partial charge >= 0.3 is 0 Å². The maximum absolute atomic E-state index is 14.6. The van der Waals surface area contributed by atoms with Gasteiger partial charge in [0.15, 0.2) is 0 Å². The number of halogens is 1. The van der Waals surface area contributed by atoms with E-state index in [1.54, 1.807) is 42.5 Å². The molecule has 1 fully saturated rings. The number of thiol groups is 1. The van der Waals surface area contributed by atoms with Crippen LogP contribution in [0.5, 0.6) is 0 Å². The van der Waals surface area contributed by atoms with Crippen LogP contribution in [0, 0.1) is 11.7 Å². The van der Waals surface area contributed by atoms with Crippen molar-refractivity contribution in [2.75, 3.05) is 13.2 Å². The molecule has 1 amide bonds. The zero-order valence-corrected chi connectivity index (χ0v) is 15.8. The molecule has 0 bridgehead atoms. The summed E-state index contributed by atoms with van der Waals surface area (Å²) in [4.78, 5) is 12.4. The van der Waals surface area contributed by atoms with Crippen LogP contribution in [0.25, 0.3) is 0 Å². The van der Waals surface area contributed by atoms with Crippen LogP contribution in [0.15, 0.2) is 54.6 Å². The molecule has 1 unspecified atom stereocenters. The van der Waals surface area contributed by atoms with Gasteiger partial charge in [0.2, 0.25) is 0 Å². The molecule has 1 saturated heterocycles. The Balaban J connectivity index is 1.86. The number of benzene rings is 2. The molecule has 3 N–H and O–H groups in total. The van der Waals surface area contributed by atoms with Gasteiger partial charge in [-0.2, -0.15) is 0 Å². The van der Waals surface area contributed by atoms with E-state index in [2.05, 4.69) is 23.3 Å². The summed E-state index contributed by atoms with van der Waals surface area (Å²) in [6.45, 7) is 1.79. The molecule has 2 aromatic rings. The third-order valence-electron chi connectivity index (χ3n) is 5.02. The number of aliphatic hydroxyl groups excluding tert-OH is 1. The third kappa shape index (κ3) is 4.01. The van der Waals surface area contributed by atoms with Gasteiger partial charge in [-0.3, -0.25) is 10.1 Å². The van der Waals surface area contributed by atoms with Crippen LogP contribution >= 0.6 is 12.6 Å². The summed E-state index contributed by atoms with van der Waals surface area (Å²) in [7, 11) is 0. The second-order valence-electron chi connectivity index (χ2n) is 6.64. The van der Waals surface area contributed by atoms with Crippen LogP contribution < -0.4 is 10.6 Å². The highest BCUT2D eigenvalue weighted by Crippen LogP contribution is 2.40. The van der Waals surface area contributed by atoms with E-state index in [1.807, 2.05) is 13.0 Å². The van der Waals surface area contributed by atoms with Gasteiger partial charge in [-0.15, -0.1) is 12.6 Å². The minimum Gasteiger partial charge on any atom is -0.396 e. The van der Waals surface area contributed by atoms with Crippen LogP contribution in [-0.2, 0) is 10.3 Å². The van der Waals surface area contributed by atoms with Crippen molar-refractivity contribution in [2.24, 2.45) is 5.92 Å². The van der Waals surface area contributed by atoms with Crippen LogP contribution in [0.1, 0.15) is 22.8 Å². The second-order valence-corrected chi connectivity index (χ2v) is 7.16. The molecule has 5 nitrogen and oxygen atoms in total. The number of amides is 1. The Morgan fingerprint density at radius 2 is 1.96 bits per heavy atom. The van der Waals surface area contributed by atoms with Crippen molar-refractivity contribution in [3.8, 4) is 0 Å². The van der Waals surface area contributed by atoms with Gasteiger partial charge in [-0.1, -0.05) is 36.4 Å². The van der Waals surface area contributed by atoms with Gasteiger partial charge in [-0.05, 0) is 25.1 Å². The van der Waals surface area contributed by atoms with Gasteiger partial charge in [0.05, 0.1) is 24.9 Å². The first-order valence-corrected chi connectivity index (χ1v) is 9.28. The quantitative estimate of drug-likeness (QED) is 0.451. The van der Waals surface area contributed by atoms with Gasteiger partial charge in [0.1, 0.15) is 11.3 Å². The minimum absolute atomic E-state index is 0.151. The average Bonchev–Trinajstić information content (AvgIpc) is 2.98. The number of aliphatic hydroxyl groups is 1. The monoisotopic (exact) mass is 390 g/mol. The molecule has 1 heterocycles. The minimum atomic E-state index is -1.02. The SMILES string of the molecule is C[C@H]1OC[C@@](NC(S)NC(=O)c2ccccc2)(c2ccccc2F)[C@@H]1CO. The van der Waals surface area contributed by atoms with E-state index >= 15 is 0 Å². The zero-order valence-electron chi connectivity index (χ0n) is 14.9. The first-order valence-electron chi connectivity index (χ1n) is 8.77. The molecule has 7 heteroatoms. The number of rotatable bonds is 6. The molecular weight excluding hydrogens is 367 g/mol. The van der Waals surface area contributed by atoms with E-state index in [9.17, 15) is 14.3 Å². The fourth-order valence-electron chi connectivity index (χ4n) is 3.60. The topological polar surface area (TPSA) is 70.6 Å². The highest BCUT2D eigenvalue weighted by molar-refractivity contribution is 7.80. The average molecular weight is 390 g/mol. The summed E-state index contributed by atoms with van der Waals surface area (Å²) in [5, 5.41) is 15.9. The normalized spacial score (nSPS) is 25.9. The van der Waals surface area contributed by atoms with E-state index in [-0.39, 0.29) is 25.2 Å². The Hall–Kier alpha value is -1.93. The van der Waals surface area contributed by atoms with Gasteiger partial charge in [-0.25, -0.2) is 4.39 Å².